The molecule has 0 aliphatic carbocycles. The summed E-state index contributed by atoms with van der Waals surface area (Å²) in [5.41, 5.74) is 5.14. The Labute approximate surface area is 88.7 Å². The predicted octanol–water partition coefficient (Wildman–Crippen LogP) is -1.69. The molecule has 1 aliphatic rings. The van der Waals surface area contributed by atoms with Gasteiger partial charge in [-0.25, -0.2) is 0 Å². The molecule has 1 heterocycles. The summed E-state index contributed by atoms with van der Waals surface area (Å²) in [4.78, 5) is 24.4. The van der Waals surface area contributed by atoms with Crippen LogP contribution in [0.5, 0.6) is 0 Å². The van der Waals surface area contributed by atoms with Crippen LogP contribution in [0.4, 0.5) is 0 Å². The predicted molar refractivity (Wildman–Crippen MR) is 54.1 cm³/mol. The lowest BCUT2D eigenvalue weighted by Gasteiger charge is -2.29. The van der Waals surface area contributed by atoms with Crippen molar-refractivity contribution in [2.45, 2.75) is 13.0 Å². The van der Waals surface area contributed by atoms with Gasteiger partial charge in [0.2, 0.25) is 11.8 Å². The lowest BCUT2D eigenvalue weighted by Crippen LogP contribution is -2.51. The van der Waals surface area contributed by atoms with Crippen LogP contribution in [0.15, 0.2) is 0 Å². The Bertz CT molecular complexity index is 239. The molecule has 3 N–H and O–H groups in total. The Balaban J connectivity index is 2.40. The fraction of sp³-hybridized carbons (Fsp3) is 0.778. The summed E-state index contributed by atoms with van der Waals surface area (Å²) in [7, 11) is 0. The lowest BCUT2D eigenvalue weighted by atomic mass is 10.2. The summed E-state index contributed by atoms with van der Waals surface area (Å²) in [6, 6.07) is -0.515. The minimum absolute atomic E-state index is 0.0832. The van der Waals surface area contributed by atoms with Crippen LogP contribution >= 0.6 is 0 Å². The molecule has 0 aromatic rings. The molecule has 1 unspecified atom stereocenters. The van der Waals surface area contributed by atoms with Crippen LogP contribution < -0.4 is 11.1 Å². The van der Waals surface area contributed by atoms with E-state index >= 15 is 0 Å². The van der Waals surface area contributed by atoms with Crippen LogP contribution in [0, 0.1) is 0 Å². The second-order valence-electron chi connectivity index (χ2n) is 3.43. The van der Waals surface area contributed by atoms with E-state index in [1.807, 2.05) is 0 Å². The molecule has 86 valence electrons. The smallest absolute Gasteiger partial charge is 0.245 e. The third kappa shape index (κ3) is 3.49. The standard InChI is InChI=1S/C9H17N3O3/c1-7(11-8(13)6-10)9(14)12-2-4-15-5-3-12/h7H,2-6,10H2,1H3,(H,11,13). The van der Waals surface area contributed by atoms with Crippen LogP contribution in [0.1, 0.15) is 6.92 Å². The highest BCUT2D eigenvalue weighted by atomic mass is 16.5. The lowest BCUT2D eigenvalue weighted by molar-refractivity contribution is -0.139. The molecule has 0 aromatic heterocycles. The van der Waals surface area contributed by atoms with Crippen LogP contribution in [-0.4, -0.2) is 55.6 Å². The summed E-state index contributed by atoms with van der Waals surface area (Å²) in [5, 5.41) is 2.53. The van der Waals surface area contributed by atoms with Crippen molar-refractivity contribution in [2.24, 2.45) is 5.73 Å². The quantitative estimate of drug-likeness (QED) is 0.588. The number of carbonyl (C=O) groups is 2. The van der Waals surface area contributed by atoms with E-state index in [0.717, 1.165) is 0 Å². The van der Waals surface area contributed by atoms with E-state index in [4.69, 9.17) is 10.5 Å². The maximum absolute atomic E-state index is 11.8. The Kier molecular flexibility index (Phi) is 4.51. The molecule has 6 heteroatoms. The molecule has 1 aliphatic heterocycles. The average molecular weight is 215 g/mol. The van der Waals surface area contributed by atoms with Gasteiger partial charge in [-0.15, -0.1) is 0 Å². The van der Waals surface area contributed by atoms with E-state index in [1.165, 1.54) is 0 Å². The van der Waals surface area contributed by atoms with Crippen molar-refractivity contribution in [1.29, 1.82) is 0 Å². The SMILES string of the molecule is CC(NC(=O)CN)C(=O)N1CCOCC1. The number of nitrogens with two attached hydrogens (primary N) is 1. The number of rotatable bonds is 3. The van der Waals surface area contributed by atoms with Crippen LogP contribution in [0.25, 0.3) is 0 Å². The first-order chi connectivity index (χ1) is 7.15. The van der Waals surface area contributed by atoms with Gasteiger partial charge in [0.15, 0.2) is 0 Å². The number of morpholine rings is 1. The van der Waals surface area contributed by atoms with Gasteiger partial charge in [0.1, 0.15) is 6.04 Å². The highest BCUT2D eigenvalue weighted by molar-refractivity contribution is 5.87. The van der Waals surface area contributed by atoms with Gasteiger partial charge < -0.3 is 20.7 Å². The number of ether oxygens (including phenoxy) is 1. The van der Waals surface area contributed by atoms with Gasteiger partial charge in [-0.05, 0) is 6.92 Å². The monoisotopic (exact) mass is 215 g/mol. The molecule has 1 saturated heterocycles. The minimum Gasteiger partial charge on any atom is -0.378 e. The second kappa shape index (κ2) is 5.67. The van der Waals surface area contributed by atoms with E-state index in [9.17, 15) is 9.59 Å². The van der Waals surface area contributed by atoms with E-state index in [-0.39, 0.29) is 18.4 Å². The number of carbonyl (C=O) groups excluding carboxylic acids is 2. The maximum atomic E-state index is 11.8. The van der Waals surface area contributed by atoms with Crippen molar-refractivity contribution >= 4 is 11.8 Å². The van der Waals surface area contributed by atoms with Gasteiger partial charge in [-0.2, -0.15) is 0 Å². The van der Waals surface area contributed by atoms with Crippen LogP contribution in [0.3, 0.4) is 0 Å². The molecule has 0 radical (unpaired) electrons. The third-order valence-electron chi connectivity index (χ3n) is 2.26. The number of hydrogen-bond acceptors (Lipinski definition) is 4. The molecule has 0 bridgehead atoms. The molecule has 0 aromatic carbocycles. The van der Waals surface area contributed by atoms with Crippen molar-refractivity contribution in [1.82, 2.24) is 10.2 Å². The highest BCUT2D eigenvalue weighted by Gasteiger charge is 2.22. The molecular formula is C9H17N3O3. The highest BCUT2D eigenvalue weighted by Crippen LogP contribution is 2.00. The third-order valence-corrected chi connectivity index (χ3v) is 2.26. The van der Waals surface area contributed by atoms with E-state index in [0.29, 0.717) is 26.3 Å². The zero-order valence-corrected chi connectivity index (χ0v) is 8.86. The summed E-state index contributed by atoms with van der Waals surface area (Å²) < 4.78 is 5.13. The van der Waals surface area contributed by atoms with Crippen molar-refractivity contribution in [3.63, 3.8) is 0 Å². The largest absolute Gasteiger partial charge is 0.378 e. The van der Waals surface area contributed by atoms with E-state index in [1.54, 1.807) is 11.8 Å². The number of nitrogens with one attached hydrogen (secondary N) is 1. The molecule has 0 saturated carbocycles. The molecule has 1 rings (SSSR count). The average Bonchev–Trinajstić information content (AvgIpc) is 2.29. The topological polar surface area (TPSA) is 84.7 Å². The van der Waals surface area contributed by atoms with Gasteiger partial charge in [0.25, 0.3) is 0 Å². The maximum Gasteiger partial charge on any atom is 0.245 e. The summed E-state index contributed by atoms with van der Waals surface area (Å²) >= 11 is 0. The van der Waals surface area contributed by atoms with Crippen molar-refractivity contribution < 1.29 is 14.3 Å². The van der Waals surface area contributed by atoms with Crippen LogP contribution in [-0.2, 0) is 14.3 Å². The number of hydrogen-bond donors (Lipinski definition) is 2. The Morgan fingerprint density at radius 3 is 2.60 bits per heavy atom. The van der Waals surface area contributed by atoms with E-state index < -0.39 is 6.04 Å². The molecule has 2 amide bonds. The molecule has 0 spiro atoms. The normalized spacial score (nSPS) is 18.4. The van der Waals surface area contributed by atoms with Gasteiger partial charge >= 0.3 is 0 Å². The summed E-state index contributed by atoms with van der Waals surface area (Å²) in [6.45, 7) is 3.85. The second-order valence-corrected chi connectivity index (χ2v) is 3.43. The zero-order valence-electron chi connectivity index (χ0n) is 8.86. The van der Waals surface area contributed by atoms with Gasteiger partial charge in [-0.1, -0.05) is 0 Å². The van der Waals surface area contributed by atoms with Gasteiger partial charge in [-0.3, -0.25) is 9.59 Å². The summed E-state index contributed by atoms with van der Waals surface area (Å²) in [5.74, 6) is -0.399. The molecular weight excluding hydrogens is 198 g/mol. The summed E-state index contributed by atoms with van der Waals surface area (Å²) in [6.07, 6.45) is 0. The van der Waals surface area contributed by atoms with Gasteiger partial charge in [0, 0.05) is 13.1 Å². The fourth-order valence-electron chi connectivity index (χ4n) is 1.42. The fourth-order valence-corrected chi connectivity index (χ4v) is 1.42. The van der Waals surface area contributed by atoms with Crippen molar-refractivity contribution in [3.05, 3.63) is 0 Å². The molecule has 1 fully saturated rings. The molecule has 1 atom stereocenters. The Morgan fingerprint density at radius 2 is 2.07 bits per heavy atom. The van der Waals surface area contributed by atoms with Gasteiger partial charge in [0.05, 0.1) is 19.8 Å². The number of amides is 2. The Hall–Kier alpha value is -1.14. The zero-order chi connectivity index (χ0) is 11.3. The minimum atomic E-state index is -0.515. The molecule has 15 heavy (non-hydrogen) atoms. The Morgan fingerprint density at radius 1 is 1.47 bits per heavy atom. The molecule has 6 nitrogen and oxygen atoms in total. The first-order valence-electron chi connectivity index (χ1n) is 5.01. The number of nitrogens with zero attached hydrogens (tertiary/aromatic N) is 1. The van der Waals surface area contributed by atoms with Crippen molar-refractivity contribution in [3.8, 4) is 0 Å². The van der Waals surface area contributed by atoms with Crippen LogP contribution in [0.2, 0.25) is 0 Å². The van der Waals surface area contributed by atoms with E-state index in [2.05, 4.69) is 5.32 Å². The first kappa shape index (κ1) is 11.9. The van der Waals surface area contributed by atoms with Crippen molar-refractivity contribution in [2.75, 3.05) is 32.8 Å². The first-order valence-corrected chi connectivity index (χ1v) is 5.01.